The Labute approximate surface area is 117 Å². The molecule has 5 heteroatoms. The number of hydrogen-bond acceptors (Lipinski definition) is 4. The van der Waals surface area contributed by atoms with Crippen LogP contribution in [0.25, 0.3) is 0 Å². The molecule has 1 heterocycles. The maximum atomic E-state index is 12.0. The number of carbonyl (C=O) groups excluding carboxylic acids is 1. The van der Waals surface area contributed by atoms with Crippen molar-refractivity contribution >= 4 is 17.4 Å². The fraction of sp³-hybridized carbons (Fsp3) is 0.133. The Kier molecular flexibility index (Phi) is 3.96. The van der Waals surface area contributed by atoms with E-state index >= 15 is 0 Å². The third kappa shape index (κ3) is 3.12. The molecular weight excluding hydrogens is 252 g/mol. The van der Waals surface area contributed by atoms with Crippen molar-refractivity contribution in [3.63, 3.8) is 0 Å². The molecular formula is C15H14N4O. The van der Waals surface area contributed by atoms with E-state index < -0.39 is 0 Å². The summed E-state index contributed by atoms with van der Waals surface area (Å²) in [7, 11) is 3.77. The minimum Gasteiger partial charge on any atom is -0.363 e. The maximum Gasteiger partial charge on any atom is 0.257 e. The zero-order valence-electron chi connectivity index (χ0n) is 11.3. The topological polar surface area (TPSA) is 69.0 Å². The molecule has 0 atom stereocenters. The Morgan fingerprint density at radius 3 is 2.70 bits per heavy atom. The summed E-state index contributed by atoms with van der Waals surface area (Å²) in [5, 5.41) is 11.6. The van der Waals surface area contributed by atoms with Gasteiger partial charge in [0.05, 0.1) is 17.2 Å². The highest BCUT2D eigenvalue weighted by atomic mass is 16.1. The van der Waals surface area contributed by atoms with Crippen molar-refractivity contribution in [3.05, 3.63) is 53.7 Å². The molecule has 1 amide bonds. The van der Waals surface area contributed by atoms with Gasteiger partial charge in [-0.15, -0.1) is 0 Å². The molecule has 5 nitrogen and oxygen atoms in total. The number of anilines is 2. The molecule has 1 aromatic carbocycles. The quantitative estimate of drug-likeness (QED) is 0.925. The van der Waals surface area contributed by atoms with Gasteiger partial charge in [-0.25, -0.2) is 4.98 Å². The number of benzene rings is 1. The predicted octanol–water partition coefficient (Wildman–Crippen LogP) is 2.27. The summed E-state index contributed by atoms with van der Waals surface area (Å²) in [5.74, 6) is 0.533. The number of nitriles is 1. The molecule has 20 heavy (non-hydrogen) atoms. The van der Waals surface area contributed by atoms with Crippen molar-refractivity contribution in [2.75, 3.05) is 24.3 Å². The van der Waals surface area contributed by atoms with Gasteiger partial charge < -0.3 is 10.2 Å². The van der Waals surface area contributed by atoms with Gasteiger partial charge in [0.2, 0.25) is 0 Å². The Morgan fingerprint density at radius 2 is 2.10 bits per heavy atom. The number of nitrogens with zero attached hydrogens (tertiary/aromatic N) is 3. The van der Waals surface area contributed by atoms with E-state index in [4.69, 9.17) is 5.26 Å². The van der Waals surface area contributed by atoms with E-state index in [0.29, 0.717) is 16.8 Å². The summed E-state index contributed by atoms with van der Waals surface area (Å²) in [6, 6.07) is 12.3. The molecule has 0 saturated carbocycles. The number of hydrogen-bond donors (Lipinski definition) is 1. The van der Waals surface area contributed by atoms with Crippen LogP contribution in [0, 0.1) is 11.3 Å². The highest BCUT2D eigenvalue weighted by molar-refractivity contribution is 6.04. The molecule has 0 saturated heterocycles. The average Bonchev–Trinajstić information content (AvgIpc) is 2.47. The van der Waals surface area contributed by atoms with E-state index in [0.717, 1.165) is 5.82 Å². The molecule has 0 spiro atoms. The lowest BCUT2D eigenvalue weighted by molar-refractivity contribution is 0.102. The van der Waals surface area contributed by atoms with Gasteiger partial charge in [0.1, 0.15) is 5.82 Å². The fourth-order valence-corrected chi connectivity index (χ4v) is 1.65. The molecule has 2 aromatic rings. The number of amides is 1. The number of rotatable bonds is 3. The second kappa shape index (κ2) is 5.85. The molecule has 100 valence electrons. The molecule has 0 fully saturated rings. The van der Waals surface area contributed by atoms with Gasteiger partial charge in [-0.05, 0) is 30.3 Å². The maximum absolute atomic E-state index is 12.0. The van der Waals surface area contributed by atoms with Crippen molar-refractivity contribution < 1.29 is 4.79 Å². The lowest BCUT2D eigenvalue weighted by Gasteiger charge is -2.11. The van der Waals surface area contributed by atoms with Crippen LogP contribution in [0.2, 0.25) is 0 Å². The molecule has 0 aliphatic carbocycles. The zero-order valence-corrected chi connectivity index (χ0v) is 11.3. The summed E-state index contributed by atoms with van der Waals surface area (Å²) < 4.78 is 0. The Hall–Kier alpha value is -2.87. The lowest BCUT2D eigenvalue weighted by atomic mass is 10.2. The molecule has 0 aliphatic rings. The normalized spacial score (nSPS) is 9.65. The van der Waals surface area contributed by atoms with Crippen molar-refractivity contribution in [3.8, 4) is 6.07 Å². The molecule has 0 bridgehead atoms. The van der Waals surface area contributed by atoms with E-state index in [1.54, 1.807) is 36.4 Å². The number of nitrogens with one attached hydrogen (secondary N) is 1. The van der Waals surface area contributed by atoms with Gasteiger partial charge in [0, 0.05) is 26.0 Å². The van der Waals surface area contributed by atoms with Crippen molar-refractivity contribution in [2.45, 2.75) is 0 Å². The predicted molar refractivity (Wildman–Crippen MR) is 77.7 cm³/mol. The summed E-state index contributed by atoms with van der Waals surface area (Å²) >= 11 is 0. The van der Waals surface area contributed by atoms with Gasteiger partial charge in [0.15, 0.2) is 0 Å². The van der Waals surface area contributed by atoms with E-state index in [-0.39, 0.29) is 5.91 Å². The van der Waals surface area contributed by atoms with Crippen LogP contribution in [0.1, 0.15) is 15.9 Å². The van der Waals surface area contributed by atoms with Crippen LogP contribution >= 0.6 is 0 Å². The zero-order chi connectivity index (χ0) is 14.5. The lowest BCUT2D eigenvalue weighted by Crippen LogP contribution is -2.14. The second-order valence-corrected chi connectivity index (χ2v) is 4.45. The Morgan fingerprint density at radius 1 is 1.30 bits per heavy atom. The molecule has 2 rings (SSSR count). The second-order valence-electron chi connectivity index (χ2n) is 4.45. The number of carbonyl (C=O) groups is 1. The first kappa shape index (κ1) is 13.6. The summed E-state index contributed by atoms with van der Waals surface area (Å²) in [6.07, 6.45) is 1.53. The van der Waals surface area contributed by atoms with Crippen LogP contribution < -0.4 is 10.2 Å². The van der Waals surface area contributed by atoms with Crippen LogP contribution in [0.5, 0.6) is 0 Å². The summed E-state index contributed by atoms with van der Waals surface area (Å²) in [6.45, 7) is 0. The smallest absolute Gasteiger partial charge is 0.257 e. The van der Waals surface area contributed by atoms with Crippen molar-refractivity contribution in [1.82, 2.24) is 4.98 Å². The standard InChI is InChI=1S/C15H14N4O/c1-19(2)14-7-6-12(10-17-14)15(20)18-13-5-3-4-11(8-13)9-16/h3-8,10H,1-2H3,(H,18,20). The average molecular weight is 266 g/mol. The van der Waals surface area contributed by atoms with Crippen LogP contribution in [0.15, 0.2) is 42.6 Å². The van der Waals surface area contributed by atoms with Crippen LogP contribution in [-0.4, -0.2) is 25.0 Å². The third-order valence-electron chi connectivity index (χ3n) is 2.72. The molecule has 0 radical (unpaired) electrons. The Balaban J connectivity index is 2.13. The van der Waals surface area contributed by atoms with Gasteiger partial charge in [-0.1, -0.05) is 6.07 Å². The number of pyridine rings is 1. The highest BCUT2D eigenvalue weighted by Crippen LogP contribution is 2.13. The molecule has 0 aliphatic heterocycles. The fourth-order valence-electron chi connectivity index (χ4n) is 1.65. The first-order chi connectivity index (χ1) is 9.60. The monoisotopic (exact) mass is 266 g/mol. The van der Waals surface area contributed by atoms with E-state index in [1.165, 1.54) is 6.20 Å². The molecule has 0 unspecified atom stereocenters. The largest absolute Gasteiger partial charge is 0.363 e. The van der Waals surface area contributed by atoms with Gasteiger partial charge >= 0.3 is 0 Å². The third-order valence-corrected chi connectivity index (χ3v) is 2.72. The SMILES string of the molecule is CN(C)c1ccc(C(=O)Nc2cccc(C#N)c2)cn1. The first-order valence-electron chi connectivity index (χ1n) is 6.05. The van der Waals surface area contributed by atoms with Crippen LogP contribution in [0.3, 0.4) is 0 Å². The summed E-state index contributed by atoms with van der Waals surface area (Å²) in [5.41, 5.74) is 1.56. The summed E-state index contributed by atoms with van der Waals surface area (Å²) in [4.78, 5) is 18.1. The van der Waals surface area contributed by atoms with Gasteiger partial charge in [-0.2, -0.15) is 5.26 Å². The van der Waals surface area contributed by atoms with Gasteiger partial charge in [0.25, 0.3) is 5.91 Å². The highest BCUT2D eigenvalue weighted by Gasteiger charge is 2.07. The minimum atomic E-state index is -0.252. The van der Waals surface area contributed by atoms with E-state index in [9.17, 15) is 4.79 Å². The molecule has 1 N–H and O–H groups in total. The van der Waals surface area contributed by atoms with Crippen LogP contribution in [0.4, 0.5) is 11.5 Å². The molecule has 1 aromatic heterocycles. The Bertz CT molecular complexity index is 656. The van der Waals surface area contributed by atoms with Crippen LogP contribution in [-0.2, 0) is 0 Å². The van der Waals surface area contributed by atoms with Gasteiger partial charge in [-0.3, -0.25) is 4.79 Å². The van der Waals surface area contributed by atoms with Crippen molar-refractivity contribution in [2.24, 2.45) is 0 Å². The van der Waals surface area contributed by atoms with Crippen molar-refractivity contribution in [1.29, 1.82) is 5.26 Å². The first-order valence-corrected chi connectivity index (χ1v) is 6.05. The minimum absolute atomic E-state index is 0.252. The van der Waals surface area contributed by atoms with E-state index in [1.807, 2.05) is 25.1 Å². The number of aromatic nitrogens is 1. The van der Waals surface area contributed by atoms with E-state index in [2.05, 4.69) is 10.3 Å².